The molecule has 6 N–H and O–H groups in total. The monoisotopic (exact) mass is 494 g/mol. The van der Waals surface area contributed by atoms with Gasteiger partial charge in [-0.3, -0.25) is 9.42 Å². The second-order valence-electron chi connectivity index (χ2n) is 6.43. The number of rotatable bonds is 8. The molecular formula is C12H21N2O13P3. The number of carbonyl (C=O) groups is 1. The number of ether oxygens (including phenoxy) is 1. The number of aliphatic hydroxyl groups excluding tert-OH is 1. The molecule has 0 radical (unpaired) electrons. The molecule has 2 amide bonds. The van der Waals surface area contributed by atoms with Gasteiger partial charge in [0, 0.05) is 17.8 Å². The molecule has 3 unspecified atom stereocenters. The average Bonchev–Trinajstić information content (AvgIpc) is 2.81. The van der Waals surface area contributed by atoms with E-state index in [9.17, 15) is 28.5 Å². The van der Waals surface area contributed by atoms with Gasteiger partial charge in [0.05, 0.1) is 12.7 Å². The van der Waals surface area contributed by atoms with Crippen molar-refractivity contribution in [3.63, 3.8) is 0 Å². The predicted molar refractivity (Wildman–Crippen MR) is 96.9 cm³/mol. The zero-order valence-electron chi connectivity index (χ0n) is 15.6. The van der Waals surface area contributed by atoms with E-state index in [-0.39, 0.29) is 0 Å². The number of nitrogens with zero attached hydrogens (tertiary/aromatic N) is 1. The van der Waals surface area contributed by atoms with E-state index in [1.54, 1.807) is 6.92 Å². The summed E-state index contributed by atoms with van der Waals surface area (Å²) >= 11 is 0. The fourth-order valence-electron chi connectivity index (χ4n) is 2.58. The van der Waals surface area contributed by atoms with Crippen LogP contribution in [0, 0.1) is 5.92 Å². The molecule has 15 nitrogen and oxygen atoms in total. The number of allylic oxidation sites excluding steroid dienone is 1. The molecule has 2 aliphatic heterocycles. The first-order valence-corrected chi connectivity index (χ1v) is 12.6. The molecule has 1 saturated heterocycles. The van der Waals surface area contributed by atoms with Crippen molar-refractivity contribution in [3.8, 4) is 0 Å². The Labute approximate surface area is 170 Å². The number of phosphoric ester groups is 1. The van der Waals surface area contributed by atoms with Crippen molar-refractivity contribution in [1.82, 2.24) is 10.2 Å². The second kappa shape index (κ2) is 8.91. The average molecular weight is 494 g/mol. The number of phosphoric acid groups is 3. The minimum absolute atomic E-state index is 0.362. The van der Waals surface area contributed by atoms with Crippen LogP contribution >= 0.6 is 23.5 Å². The quantitative estimate of drug-likeness (QED) is 0.253. The van der Waals surface area contributed by atoms with Gasteiger partial charge in [0.1, 0.15) is 6.10 Å². The van der Waals surface area contributed by atoms with E-state index in [1.807, 2.05) is 0 Å². The predicted octanol–water partition coefficient (Wildman–Crippen LogP) is 0.494. The fourth-order valence-corrected chi connectivity index (χ4v) is 5.61. The smallest absolute Gasteiger partial charge is 0.388 e. The largest absolute Gasteiger partial charge is 0.490 e. The highest BCUT2D eigenvalue weighted by Crippen LogP contribution is 2.66. The van der Waals surface area contributed by atoms with Crippen LogP contribution in [0.3, 0.4) is 0 Å². The fraction of sp³-hybridized carbons (Fsp3) is 0.583. The normalized spacial score (nSPS) is 31.7. The first-order valence-electron chi connectivity index (χ1n) is 8.10. The lowest BCUT2D eigenvalue weighted by Gasteiger charge is -2.32. The van der Waals surface area contributed by atoms with Crippen molar-refractivity contribution in [3.05, 3.63) is 24.0 Å². The molecule has 2 aliphatic rings. The molecule has 0 spiro atoms. The summed E-state index contributed by atoms with van der Waals surface area (Å²) in [7, 11) is -16.5. The summed E-state index contributed by atoms with van der Waals surface area (Å²) in [5.74, 6) is -0.728. The maximum absolute atomic E-state index is 12.1. The molecule has 2 rings (SSSR count). The summed E-state index contributed by atoms with van der Waals surface area (Å²) in [4.78, 5) is 48.8. The standard InChI is InChI=1S/C12H21N2O13P3/c1-6-4-14(12(16)13-8(6)3)11-10(15)7(2)9(25-11)5-24-29(20,21)27-30(22,23)26-28(17,18)19/h4,7,9-11,15H,3,5H2,1-2H3,(H,13,16)(H,20,21)(H,22,23)(H2,17,18,19)/t7-,9+,10?,11+/m0/s1. The topological polar surface area (TPSA) is 222 Å². The molecule has 0 aromatic carbocycles. The maximum Gasteiger partial charge on any atom is 0.490 e. The van der Waals surface area contributed by atoms with Crippen molar-refractivity contribution >= 4 is 29.5 Å². The third-order valence-electron chi connectivity index (χ3n) is 4.12. The van der Waals surface area contributed by atoms with E-state index in [0.717, 1.165) is 4.90 Å². The highest BCUT2D eigenvalue weighted by atomic mass is 31.3. The summed E-state index contributed by atoms with van der Waals surface area (Å²) in [6, 6.07) is -0.629. The lowest BCUT2D eigenvalue weighted by Crippen LogP contribution is -2.49. The van der Waals surface area contributed by atoms with Crippen molar-refractivity contribution in [2.24, 2.45) is 5.92 Å². The molecule has 30 heavy (non-hydrogen) atoms. The Hall–Kier alpha value is -0.920. The van der Waals surface area contributed by atoms with E-state index >= 15 is 0 Å². The lowest BCUT2D eigenvalue weighted by atomic mass is 10.0. The van der Waals surface area contributed by atoms with Gasteiger partial charge in [-0.1, -0.05) is 13.5 Å². The van der Waals surface area contributed by atoms with Crippen LogP contribution in [0.2, 0.25) is 0 Å². The first kappa shape index (κ1) is 25.3. The molecule has 0 aliphatic carbocycles. The van der Waals surface area contributed by atoms with Crippen LogP contribution in [-0.4, -0.2) is 60.7 Å². The van der Waals surface area contributed by atoms with Crippen LogP contribution < -0.4 is 5.32 Å². The Bertz CT molecular complexity index is 885. The number of hydrogen-bond acceptors (Lipinski definition) is 9. The lowest BCUT2D eigenvalue weighted by molar-refractivity contribution is -0.0640. The van der Waals surface area contributed by atoms with E-state index < -0.39 is 60.5 Å². The molecule has 0 saturated carbocycles. The van der Waals surface area contributed by atoms with Crippen LogP contribution in [0.25, 0.3) is 0 Å². The summed E-state index contributed by atoms with van der Waals surface area (Å²) in [6.07, 6.45) is -2.09. The van der Waals surface area contributed by atoms with Gasteiger partial charge in [0.2, 0.25) is 0 Å². The van der Waals surface area contributed by atoms with Gasteiger partial charge in [-0.25, -0.2) is 18.5 Å². The SMILES string of the molecule is C=C1NC(=O)N([C@@H]2O[C@H](COP(=O)(O)OP(=O)(O)OP(=O)(O)O)[C@H](C)C2O)C=C1C. The Balaban J connectivity index is 2.03. The van der Waals surface area contributed by atoms with Crippen molar-refractivity contribution in [2.75, 3.05) is 6.61 Å². The molecule has 172 valence electrons. The number of hydrogen-bond donors (Lipinski definition) is 6. The second-order valence-corrected chi connectivity index (χ2v) is 10.8. The summed E-state index contributed by atoms with van der Waals surface area (Å²) < 4.78 is 51.0. The zero-order valence-corrected chi connectivity index (χ0v) is 18.3. The van der Waals surface area contributed by atoms with Gasteiger partial charge < -0.3 is 34.7 Å². The van der Waals surface area contributed by atoms with E-state index in [4.69, 9.17) is 19.4 Å². The van der Waals surface area contributed by atoms with Gasteiger partial charge >= 0.3 is 29.5 Å². The van der Waals surface area contributed by atoms with Crippen molar-refractivity contribution < 1.29 is 61.1 Å². The highest BCUT2D eigenvalue weighted by molar-refractivity contribution is 7.66. The Kier molecular flexibility index (Phi) is 7.52. The molecule has 6 atom stereocenters. The van der Waals surface area contributed by atoms with Crippen LogP contribution in [0.1, 0.15) is 13.8 Å². The summed E-state index contributed by atoms with van der Waals surface area (Å²) in [5, 5.41) is 12.9. The number of amides is 2. The minimum atomic E-state index is -5.65. The summed E-state index contributed by atoms with van der Waals surface area (Å²) in [5.41, 5.74) is 0.954. The van der Waals surface area contributed by atoms with Crippen LogP contribution in [-0.2, 0) is 31.6 Å². The number of urea groups is 1. The zero-order chi connectivity index (χ0) is 23.1. The third-order valence-corrected chi connectivity index (χ3v) is 7.93. The van der Waals surface area contributed by atoms with E-state index in [1.165, 1.54) is 13.1 Å². The van der Waals surface area contributed by atoms with E-state index in [2.05, 4.69) is 25.0 Å². The molecule has 0 bridgehead atoms. The van der Waals surface area contributed by atoms with Gasteiger partial charge in [0.15, 0.2) is 6.23 Å². The van der Waals surface area contributed by atoms with Gasteiger partial charge in [-0.05, 0) is 12.5 Å². The first-order chi connectivity index (χ1) is 13.5. The Morgan fingerprint density at radius 1 is 1.20 bits per heavy atom. The maximum atomic E-state index is 12.1. The van der Waals surface area contributed by atoms with Crippen LogP contribution in [0.5, 0.6) is 0 Å². The molecule has 0 aromatic rings. The van der Waals surface area contributed by atoms with Gasteiger partial charge in [0.25, 0.3) is 0 Å². The van der Waals surface area contributed by atoms with Gasteiger partial charge in [-0.15, -0.1) is 0 Å². The molecule has 1 fully saturated rings. The number of aliphatic hydroxyl groups is 1. The Morgan fingerprint density at radius 3 is 2.37 bits per heavy atom. The van der Waals surface area contributed by atoms with Crippen molar-refractivity contribution in [2.45, 2.75) is 32.3 Å². The highest BCUT2D eigenvalue weighted by Gasteiger charge is 2.47. The molecule has 0 aromatic heterocycles. The number of nitrogens with one attached hydrogen (secondary N) is 1. The number of carbonyl (C=O) groups excluding carboxylic acids is 1. The minimum Gasteiger partial charge on any atom is -0.388 e. The van der Waals surface area contributed by atoms with Crippen LogP contribution in [0.4, 0.5) is 4.79 Å². The van der Waals surface area contributed by atoms with E-state index in [0.29, 0.717) is 11.3 Å². The van der Waals surface area contributed by atoms with Gasteiger partial charge in [-0.2, -0.15) is 8.62 Å². The molecule has 18 heteroatoms. The Morgan fingerprint density at radius 2 is 1.80 bits per heavy atom. The third kappa shape index (κ3) is 6.54. The van der Waals surface area contributed by atoms with Crippen LogP contribution in [0.15, 0.2) is 24.0 Å². The molecular weight excluding hydrogens is 473 g/mol. The molecule has 2 heterocycles. The summed E-state index contributed by atoms with van der Waals surface area (Å²) in [6.45, 7) is 6.04. The van der Waals surface area contributed by atoms with Crippen molar-refractivity contribution in [1.29, 1.82) is 0 Å².